The molecule has 1 fully saturated rings. The fourth-order valence-electron chi connectivity index (χ4n) is 1.71. The average Bonchev–Trinajstić information content (AvgIpc) is 2.32. The molecule has 16 heavy (non-hydrogen) atoms. The number of halogens is 2. The molecule has 0 N–H and O–H groups in total. The molecule has 0 radical (unpaired) electrons. The van der Waals surface area contributed by atoms with E-state index in [9.17, 15) is 8.78 Å². The molecular formula is C12H15F2NO. The summed E-state index contributed by atoms with van der Waals surface area (Å²) < 4.78 is 25.9. The highest BCUT2D eigenvalue weighted by Gasteiger charge is 2.29. The topological polar surface area (TPSA) is 12.5 Å². The van der Waals surface area contributed by atoms with Gasteiger partial charge in [0.15, 0.2) is 0 Å². The Bertz CT molecular complexity index is 320. The molecular weight excluding hydrogens is 212 g/mol. The first-order chi connectivity index (χ1) is 7.75. The van der Waals surface area contributed by atoms with Crippen LogP contribution in [0, 0.1) is 0 Å². The van der Waals surface area contributed by atoms with Crippen LogP contribution in [0.25, 0.3) is 0 Å². The Morgan fingerprint density at radius 2 is 1.94 bits per heavy atom. The summed E-state index contributed by atoms with van der Waals surface area (Å²) in [5.74, 6) is 0. The third-order valence-corrected chi connectivity index (χ3v) is 2.68. The Labute approximate surface area is 93.8 Å². The van der Waals surface area contributed by atoms with Crippen LogP contribution in [0.1, 0.15) is 12.0 Å². The van der Waals surface area contributed by atoms with Crippen LogP contribution in [0.4, 0.5) is 8.78 Å². The highest BCUT2D eigenvalue weighted by Crippen LogP contribution is 2.17. The van der Waals surface area contributed by atoms with Gasteiger partial charge in [-0.25, -0.2) is 8.78 Å². The molecule has 0 bridgehead atoms. The number of piperidine rings is 1. The van der Waals surface area contributed by atoms with Crippen molar-refractivity contribution in [2.75, 3.05) is 13.1 Å². The molecule has 0 spiro atoms. The molecule has 1 aliphatic rings. The van der Waals surface area contributed by atoms with Crippen LogP contribution in [0.15, 0.2) is 30.3 Å². The van der Waals surface area contributed by atoms with Crippen molar-refractivity contribution in [3.63, 3.8) is 0 Å². The normalized spacial score (nSPS) is 26.9. The van der Waals surface area contributed by atoms with Gasteiger partial charge in [0.1, 0.15) is 12.3 Å². The summed E-state index contributed by atoms with van der Waals surface area (Å²) in [5, 5.41) is 1.51. The molecule has 88 valence electrons. The van der Waals surface area contributed by atoms with E-state index in [1.165, 1.54) is 5.06 Å². The van der Waals surface area contributed by atoms with Crippen molar-refractivity contribution in [3.05, 3.63) is 35.9 Å². The minimum Gasteiger partial charge on any atom is -0.294 e. The summed E-state index contributed by atoms with van der Waals surface area (Å²) in [6.07, 6.45) is -2.56. The van der Waals surface area contributed by atoms with Crippen molar-refractivity contribution in [2.24, 2.45) is 0 Å². The minimum absolute atomic E-state index is 0.0218. The second kappa shape index (κ2) is 5.37. The van der Waals surface area contributed by atoms with E-state index < -0.39 is 12.3 Å². The third kappa shape index (κ3) is 3.00. The van der Waals surface area contributed by atoms with Gasteiger partial charge in [0.2, 0.25) is 0 Å². The maximum atomic E-state index is 13.1. The molecule has 1 heterocycles. The second-order valence-corrected chi connectivity index (χ2v) is 3.97. The lowest BCUT2D eigenvalue weighted by molar-refractivity contribution is -0.197. The van der Waals surface area contributed by atoms with Gasteiger partial charge < -0.3 is 0 Å². The van der Waals surface area contributed by atoms with Gasteiger partial charge >= 0.3 is 0 Å². The summed E-state index contributed by atoms with van der Waals surface area (Å²) in [6, 6.07) is 9.65. The third-order valence-electron chi connectivity index (χ3n) is 2.68. The maximum absolute atomic E-state index is 13.1. The minimum atomic E-state index is -1.43. The van der Waals surface area contributed by atoms with Gasteiger partial charge in [-0.2, -0.15) is 5.06 Å². The predicted molar refractivity (Wildman–Crippen MR) is 57.2 cm³/mol. The Morgan fingerprint density at radius 3 is 2.62 bits per heavy atom. The Hall–Kier alpha value is -1.00. The maximum Gasteiger partial charge on any atom is 0.146 e. The van der Waals surface area contributed by atoms with Gasteiger partial charge in [0.25, 0.3) is 0 Å². The van der Waals surface area contributed by atoms with Gasteiger partial charge in [-0.15, -0.1) is 0 Å². The number of hydrogen-bond donors (Lipinski definition) is 0. The van der Waals surface area contributed by atoms with E-state index in [0.717, 1.165) is 5.56 Å². The first-order valence-electron chi connectivity index (χ1n) is 5.45. The van der Waals surface area contributed by atoms with Crippen molar-refractivity contribution < 1.29 is 13.6 Å². The van der Waals surface area contributed by atoms with E-state index in [0.29, 0.717) is 13.2 Å². The second-order valence-electron chi connectivity index (χ2n) is 3.97. The summed E-state index contributed by atoms with van der Waals surface area (Å²) in [4.78, 5) is 5.41. The first-order valence-corrected chi connectivity index (χ1v) is 5.45. The smallest absolute Gasteiger partial charge is 0.146 e. The molecule has 0 saturated carbocycles. The van der Waals surface area contributed by atoms with E-state index in [1.807, 2.05) is 30.3 Å². The summed E-state index contributed by atoms with van der Waals surface area (Å²) >= 11 is 0. The van der Waals surface area contributed by atoms with Gasteiger partial charge in [-0.1, -0.05) is 30.3 Å². The van der Waals surface area contributed by atoms with Gasteiger partial charge in [0, 0.05) is 6.54 Å². The van der Waals surface area contributed by atoms with Crippen molar-refractivity contribution in [3.8, 4) is 0 Å². The molecule has 2 unspecified atom stereocenters. The van der Waals surface area contributed by atoms with E-state index in [1.54, 1.807) is 0 Å². The number of alkyl halides is 2. The van der Waals surface area contributed by atoms with Crippen LogP contribution in [0.2, 0.25) is 0 Å². The summed E-state index contributed by atoms with van der Waals surface area (Å²) in [7, 11) is 0. The highest BCUT2D eigenvalue weighted by molar-refractivity contribution is 5.13. The van der Waals surface area contributed by atoms with Crippen molar-refractivity contribution >= 4 is 0 Å². The Morgan fingerprint density at radius 1 is 1.19 bits per heavy atom. The number of benzene rings is 1. The zero-order valence-corrected chi connectivity index (χ0v) is 8.98. The molecule has 1 aromatic carbocycles. The predicted octanol–water partition coefficient (Wildman–Crippen LogP) is 2.50. The highest BCUT2D eigenvalue weighted by atomic mass is 19.2. The SMILES string of the molecule is FC1CCN(OCc2ccccc2)CC1F. The molecule has 0 aliphatic carbocycles. The Balaban J connectivity index is 1.79. The quantitative estimate of drug-likeness (QED) is 0.786. The molecule has 1 aromatic rings. The molecule has 2 rings (SSSR count). The van der Waals surface area contributed by atoms with E-state index in [4.69, 9.17) is 4.84 Å². The molecule has 0 aromatic heterocycles. The van der Waals surface area contributed by atoms with Crippen LogP contribution in [0.3, 0.4) is 0 Å². The van der Waals surface area contributed by atoms with Crippen LogP contribution in [-0.4, -0.2) is 30.5 Å². The zero-order chi connectivity index (χ0) is 11.4. The molecule has 2 atom stereocenters. The van der Waals surface area contributed by atoms with Gasteiger partial charge in [0.05, 0.1) is 13.2 Å². The molecule has 1 saturated heterocycles. The van der Waals surface area contributed by atoms with E-state index in [-0.39, 0.29) is 13.0 Å². The molecule has 0 amide bonds. The van der Waals surface area contributed by atoms with E-state index in [2.05, 4.69) is 0 Å². The fourth-order valence-corrected chi connectivity index (χ4v) is 1.71. The molecule has 4 heteroatoms. The van der Waals surface area contributed by atoms with Crippen molar-refractivity contribution in [1.29, 1.82) is 0 Å². The lowest BCUT2D eigenvalue weighted by atomic mass is 10.1. The number of hydroxylamine groups is 2. The Kier molecular flexibility index (Phi) is 3.85. The lowest BCUT2D eigenvalue weighted by Crippen LogP contribution is -2.42. The number of rotatable bonds is 3. The van der Waals surface area contributed by atoms with Crippen molar-refractivity contribution in [1.82, 2.24) is 5.06 Å². The molecule has 2 nitrogen and oxygen atoms in total. The summed E-state index contributed by atoms with van der Waals surface area (Å²) in [6.45, 7) is 0.882. The van der Waals surface area contributed by atoms with Crippen LogP contribution in [0.5, 0.6) is 0 Å². The van der Waals surface area contributed by atoms with Gasteiger partial charge in [-0.05, 0) is 12.0 Å². The number of nitrogens with zero attached hydrogens (tertiary/aromatic N) is 1. The van der Waals surface area contributed by atoms with Gasteiger partial charge in [-0.3, -0.25) is 4.84 Å². The first kappa shape index (κ1) is 11.5. The lowest BCUT2D eigenvalue weighted by Gasteiger charge is -2.30. The molecule has 1 aliphatic heterocycles. The summed E-state index contributed by atoms with van der Waals surface area (Å²) in [5.41, 5.74) is 1.03. The fraction of sp³-hybridized carbons (Fsp3) is 0.500. The monoisotopic (exact) mass is 227 g/mol. The van der Waals surface area contributed by atoms with Crippen LogP contribution in [-0.2, 0) is 11.4 Å². The van der Waals surface area contributed by atoms with Crippen LogP contribution < -0.4 is 0 Å². The van der Waals surface area contributed by atoms with Crippen molar-refractivity contribution in [2.45, 2.75) is 25.4 Å². The van der Waals surface area contributed by atoms with E-state index >= 15 is 0 Å². The van der Waals surface area contributed by atoms with Crippen LogP contribution >= 0.6 is 0 Å². The average molecular weight is 227 g/mol. The zero-order valence-electron chi connectivity index (χ0n) is 8.98. The largest absolute Gasteiger partial charge is 0.294 e. The number of hydrogen-bond acceptors (Lipinski definition) is 2. The standard InChI is InChI=1S/C12H15F2NO/c13-11-6-7-15(8-12(11)14)16-9-10-4-2-1-3-5-10/h1-5,11-12H,6-9H2.